The van der Waals surface area contributed by atoms with E-state index in [1.54, 1.807) is 13.8 Å². The Morgan fingerprint density at radius 1 is 1.33 bits per heavy atom. The summed E-state index contributed by atoms with van der Waals surface area (Å²) in [5.74, 6) is -1.66. The summed E-state index contributed by atoms with van der Waals surface area (Å²) in [7, 11) is 0. The van der Waals surface area contributed by atoms with E-state index in [4.69, 9.17) is 9.47 Å². The lowest BCUT2D eigenvalue weighted by Crippen LogP contribution is -2.67. The van der Waals surface area contributed by atoms with E-state index in [0.29, 0.717) is 12.0 Å². The number of carbonyl (C=O) groups is 3. The molecule has 21 heavy (non-hydrogen) atoms. The van der Waals surface area contributed by atoms with Crippen molar-refractivity contribution in [3.05, 3.63) is 11.6 Å². The van der Waals surface area contributed by atoms with Crippen LogP contribution in [-0.2, 0) is 23.9 Å². The molecule has 2 bridgehead atoms. The van der Waals surface area contributed by atoms with Gasteiger partial charge in [-0.2, -0.15) is 0 Å². The first kappa shape index (κ1) is 13.0. The summed E-state index contributed by atoms with van der Waals surface area (Å²) in [4.78, 5) is 36.3. The van der Waals surface area contributed by atoms with Crippen molar-refractivity contribution in [2.24, 2.45) is 16.7 Å². The monoisotopic (exact) mass is 292 g/mol. The molecule has 0 unspecified atom stereocenters. The summed E-state index contributed by atoms with van der Waals surface area (Å²) in [5, 5.41) is 11.0. The number of carbonyl (C=O) groups excluding carboxylic acids is 3. The highest BCUT2D eigenvalue weighted by Crippen LogP contribution is 2.66. The van der Waals surface area contributed by atoms with Crippen LogP contribution in [0.25, 0.3) is 0 Å². The van der Waals surface area contributed by atoms with E-state index in [2.05, 4.69) is 0 Å². The molecule has 0 radical (unpaired) electrons. The molecular formula is C15H16O6. The van der Waals surface area contributed by atoms with Crippen molar-refractivity contribution in [2.45, 2.75) is 38.4 Å². The van der Waals surface area contributed by atoms with Gasteiger partial charge in [-0.15, -0.1) is 0 Å². The molecule has 3 fully saturated rings. The predicted octanol–water partition coefficient (Wildman–Crippen LogP) is 0.131. The summed E-state index contributed by atoms with van der Waals surface area (Å²) in [6.45, 7) is 3.52. The van der Waals surface area contributed by atoms with Gasteiger partial charge in [0.25, 0.3) is 0 Å². The van der Waals surface area contributed by atoms with Crippen molar-refractivity contribution in [1.29, 1.82) is 0 Å². The van der Waals surface area contributed by atoms with Gasteiger partial charge < -0.3 is 14.6 Å². The van der Waals surface area contributed by atoms with E-state index < -0.39 is 34.5 Å². The van der Waals surface area contributed by atoms with E-state index in [0.717, 1.165) is 0 Å². The van der Waals surface area contributed by atoms with Gasteiger partial charge >= 0.3 is 11.9 Å². The molecule has 4 aliphatic rings. The predicted molar refractivity (Wildman–Crippen MR) is 67.8 cm³/mol. The van der Waals surface area contributed by atoms with Crippen LogP contribution in [-0.4, -0.2) is 41.1 Å². The fourth-order valence-electron chi connectivity index (χ4n) is 4.72. The molecule has 2 saturated heterocycles. The van der Waals surface area contributed by atoms with Crippen molar-refractivity contribution in [3.63, 3.8) is 0 Å². The molecule has 2 aliphatic carbocycles. The molecule has 2 heterocycles. The standard InChI is InChI=1S/C15H16O6/c1-7-8(16)3-9-13(2)6-20-12(18)15(13,19)10-4-14(7,9)5-11(17)21-10/h3,7,10,19H,4-6H2,1-2H3/t7-,10+,13-,14+,15+/m0/s1. The quantitative estimate of drug-likeness (QED) is 0.638. The maximum absolute atomic E-state index is 12.2. The molecule has 4 rings (SSSR count). The number of cyclic esters (lactones) is 1. The number of fused-ring (bicyclic) bond motifs is 4. The zero-order valence-electron chi connectivity index (χ0n) is 11.8. The van der Waals surface area contributed by atoms with Crippen LogP contribution in [0.3, 0.4) is 0 Å². The van der Waals surface area contributed by atoms with Crippen LogP contribution in [0.2, 0.25) is 0 Å². The number of ether oxygens (including phenoxy) is 2. The number of aliphatic hydroxyl groups is 1. The zero-order chi connectivity index (χ0) is 15.2. The van der Waals surface area contributed by atoms with Crippen molar-refractivity contribution in [3.8, 4) is 0 Å². The van der Waals surface area contributed by atoms with Gasteiger partial charge in [-0.1, -0.05) is 6.92 Å². The number of rotatable bonds is 0. The van der Waals surface area contributed by atoms with E-state index in [-0.39, 0.29) is 24.7 Å². The molecule has 2 aliphatic heterocycles. The lowest BCUT2D eigenvalue weighted by molar-refractivity contribution is -0.213. The van der Waals surface area contributed by atoms with Crippen molar-refractivity contribution >= 4 is 17.7 Å². The molecule has 6 heteroatoms. The first-order valence-electron chi connectivity index (χ1n) is 7.11. The Morgan fingerprint density at radius 2 is 2.05 bits per heavy atom. The minimum atomic E-state index is -1.90. The number of esters is 2. The number of ketones is 1. The van der Waals surface area contributed by atoms with Gasteiger partial charge in [0.2, 0.25) is 5.60 Å². The van der Waals surface area contributed by atoms with Crippen molar-refractivity contribution in [2.75, 3.05) is 6.61 Å². The zero-order valence-corrected chi connectivity index (χ0v) is 11.8. The average molecular weight is 292 g/mol. The Morgan fingerprint density at radius 3 is 2.76 bits per heavy atom. The van der Waals surface area contributed by atoms with E-state index in [1.165, 1.54) is 6.08 Å². The molecule has 6 nitrogen and oxygen atoms in total. The van der Waals surface area contributed by atoms with Gasteiger partial charge in [-0.3, -0.25) is 9.59 Å². The van der Waals surface area contributed by atoms with Crippen LogP contribution in [0, 0.1) is 16.7 Å². The second-order valence-electron chi connectivity index (χ2n) is 6.87. The van der Waals surface area contributed by atoms with Crippen molar-refractivity contribution < 1.29 is 29.0 Å². The Bertz CT molecular complexity index is 636. The summed E-state index contributed by atoms with van der Waals surface area (Å²) in [6.07, 6.45) is 0.956. The van der Waals surface area contributed by atoms with E-state index in [1.807, 2.05) is 0 Å². The van der Waals surface area contributed by atoms with Gasteiger partial charge in [0, 0.05) is 11.3 Å². The molecule has 0 aromatic heterocycles. The van der Waals surface area contributed by atoms with Crippen LogP contribution < -0.4 is 0 Å². The van der Waals surface area contributed by atoms with Crippen molar-refractivity contribution in [1.82, 2.24) is 0 Å². The first-order chi connectivity index (χ1) is 9.75. The third kappa shape index (κ3) is 1.14. The number of allylic oxidation sites excluding steroid dienone is 1. The Labute approximate surface area is 121 Å². The minimum absolute atomic E-state index is 0.00394. The summed E-state index contributed by atoms with van der Waals surface area (Å²) in [6, 6.07) is 0. The minimum Gasteiger partial charge on any atom is -0.462 e. The Hall–Kier alpha value is -1.69. The largest absolute Gasteiger partial charge is 0.462 e. The molecule has 0 aromatic carbocycles. The third-order valence-electron chi connectivity index (χ3n) is 6.07. The highest BCUT2D eigenvalue weighted by atomic mass is 16.6. The van der Waals surface area contributed by atoms with E-state index in [9.17, 15) is 19.5 Å². The van der Waals surface area contributed by atoms with Gasteiger partial charge in [0.15, 0.2) is 5.78 Å². The third-order valence-corrected chi connectivity index (χ3v) is 6.07. The summed E-state index contributed by atoms with van der Waals surface area (Å²) < 4.78 is 10.4. The van der Waals surface area contributed by atoms with Crippen LogP contribution in [0.1, 0.15) is 26.7 Å². The Balaban J connectivity index is 2.00. The molecule has 112 valence electrons. The molecule has 1 spiro atoms. The molecule has 1 N–H and O–H groups in total. The molecule has 0 aromatic rings. The maximum Gasteiger partial charge on any atom is 0.343 e. The SMILES string of the molecule is C[C@H]1C(=O)C=C2[C@]13CC(=O)O[C@H](C3)[C@@]1(O)C(=O)OC[C@@]21C. The van der Waals surface area contributed by atoms with Gasteiger partial charge in [-0.25, -0.2) is 4.79 Å². The normalized spacial score (nSPS) is 51.0. The highest BCUT2D eigenvalue weighted by Gasteiger charge is 2.76. The first-order valence-corrected chi connectivity index (χ1v) is 7.11. The lowest BCUT2D eigenvalue weighted by Gasteiger charge is -2.56. The summed E-state index contributed by atoms with van der Waals surface area (Å²) in [5.41, 5.74) is -2.89. The van der Waals surface area contributed by atoms with E-state index >= 15 is 0 Å². The average Bonchev–Trinajstić information content (AvgIpc) is 2.81. The fourth-order valence-corrected chi connectivity index (χ4v) is 4.72. The van der Waals surface area contributed by atoms with Gasteiger partial charge in [0.05, 0.1) is 11.8 Å². The summed E-state index contributed by atoms with van der Waals surface area (Å²) >= 11 is 0. The van der Waals surface area contributed by atoms with Crippen LogP contribution in [0.5, 0.6) is 0 Å². The van der Waals surface area contributed by atoms with Gasteiger partial charge in [0.1, 0.15) is 12.7 Å². The smallest absolute Gasteiger partial charge is 0.343 e. The second kappa shape index (κ2) is 3.38. The van der Waals surface area contributed by atoms with Crippen LogP contribution in [0.4, 0.5) is 0 Å². The van der Waals surface area contributed by atoms with Crippen LogP contribution >= 0.6 is 0 Å². The second-order valence-corrected chi connectivity index (χ2v) is 6.87. The molecule has 0 amide bonds. The molecular weight excluding hydrogens is 276 g/mol. The fraction of sp³-hybridized carbons (Fsp3) is 0.667. The van der Waals surface area contributed by atoms with Gasteiger partial charge in [-0.05, 0) is 25.0 Å². The Kier molecular flexibility index (Phi) is 2.09. The number of hydrogen-bond acceptors (Lipinski definition) is 6. The lowest BCUT2D eigenvalue weighted by atomic mass is 9.50. The maximum atomic E-state index is 12.2. The number of hydrogen-bond donors (Lipinski definition) is 1. The molecule has 5 atom stereocenters. The molecule has 1 saturated carbocycles. The van der Waals surface area contributed by atoms with Crippen LogP contribution in [0.15, 0.2) is 11.6 Å². The topological polar surface area (TPSA) is 89.9 Å². The highest BCUT2D eigenvalue weighted by molar-refractivity contribution is 5.99.